The zero-order valence-electron chi connectivity index (χ0n) is 20.2. The number of carbonyl (C=O) groups is 3. The maximum atomic E-state index is 13.5. The van der Waals surface area contributed by atoms with Gasteiger partial charge >= 0.3 is 11.8 Å². The molecule has 0 bridgehead atoms. The maximum Gasteiger partial charge on any atom is 0.312 e. The molecule has 3 amide bonds. The molecule has 0 radical (unpaired) electrons. The summed E-state index contributed by atoms with van der Waals surface area (Å²) in [7, 11) is 0. The van der Waals surface area contributed by atoms with E-state index in [4.69, 9.17) is 0 Å². The van der Waals surface area contributed by atoms with Crippen LogP contribution in [0.3, 0.4) is 0 Å². The zero-order valence-corrected chi connectivity index (χ0v) is 20.2. The van der Waals surface area contributed by atoms with Gasteiger partial charge in [-0.2, -0.15) is 5.10 Å². The predicted molar refractivity (Wildman–Crippen MR) is 134 cm³/mol. The molecule has 9 heteroatoms. The molecule has 1 saturated heterocycles. The molecular weight excluding hydrogens is 461 g/mol. The Morgan fingerprint density at radius 3 is 2.22 bits per heavy atom. The predicted octanol–water partition coefficient (Wildman–Crippen LogP) is 2.89. The molecule has 2 aromatic carbocycles. The molecule has 0 atom stereocenters. The van der Waals surface area contributed by atoms with E-state index in [1.807, 2.05) is 36.5 Å². The van der Waals surface area contributed by atoms with E-state index < -0.39 is 11.8 Å². The fourth-order valence-corrected chi connectivity index (χ4v) is 3.92. The van der Waals surface area contributed by atoms with Crippen LogP contribution in [-0.2, 0) is 14.4 Å². The quantitative estimate of drug-likeness (QED) is 0.441. The Bertz CT molecular complexity index is 1260. The number of para-hydroxylation sites is 1. The summed E-state index contributed by atoms with van der Waals surface area (Å²) >= 11 is 0. The minimum absolute atomic E-state index is 0.125. The van der Waals surface area contributed by atoms with Crippen LogP contribution in [0.4, 0.5) is 4.39 Å². The summed E-state index contributed by atoms with van der Waals surface area (Å²) in [6.45, 7) is 4.82. The molecule has 1 fully saturated rings. The van der Waals surface area contributed by atoms with Crippen molar-refractivity contribution >= 4 is 23.8 Å². The summed E-state index contributed by atoms with van der Waals surface area (Å²) in [5, 5.41) is 7.27. The van der Waals surface area contributed by atoms with Crippen molar-refractivity contribution in [1.82, 2.24) is 24.9 Å². The van der Waals surface area contributed by atoms with Gasteiger partial charge in [-0.25, -0.2) is 9.07 Å². The first kappa shape index (κ1) is 24.8. The van der Waals surface area contributed by atoms with Gasteiger partial charge in [0, 0.05) is 55.6 Å². The van der Waals surface area contributed by atoms with Crippen molar-refractivity contribution in [3.05, 3.63) is 78.3 Å². The van der Waals surface area contributed by atoms with Crippen LogP contribution in [0.2, 0.25) is 0 Å². The van der Waals surface area contributed by atoms with Gasteiger partial charge in [0.2, 0.25) is 5.91 Å². The lowest BCUT2D eigenvalue weighted by molar-refractivity contribution is -0.148. The lowest BCUT2D eigenvalue weighted by Crippen LogP contribution is -2.54. The van der Waals surface area contributed by atoms with E-state index in [9.17, 15) is 18.8 Å². The van der Waals surface area contributed by atoms with Crippen molar-refractivity contribution in [1.29, 1.82) is 0 Å². The monoisotopic (exact) mass is 489 g/mol. The Morgan fingerprint density at radius 2 is 1.58 bits per heavy atom. The summed E-state index contributed by atoms with van der Waals surface area (Å²) in [5.41, 5.74) is 2.91. The number of benzene rings is 2. The van der Waals surface area contributed by atoms with E-state index in [-0.39, 0.29) is 30.9 Å². The van der Waals surface area contributed by atoms with Crippen LogP contribution in [0.25, 0.3) is 23.0 Å². The van der Waals surface area contributed by atoms with Gasteiger partial charge in [0.15, 0.2) is 0 Å². The van der Waals surface area contributed by atoms with Gasteiger partial charge in [0.1, 0.15) is 5.82 Å². The van der Waals surface area contributed by atoms with Crippen molar-refractivity contribution < 1.29 is 18.8 Å². The Morgan fingerprint density at radius 1 is 0.944 bits per heavy atom. The zero-order chi connectivity index (χ0) is 25.7. The maximum absolute atomic E-state index is 13.5. The molecule has 0 unspecified atom stereocenters. The summed E-state index contributed by atoms with van der Waals surface area (Å²) in [6, 6.07) is 15.5. The Balaban J connectivity index is 1.48. The third-order valence-corrected chi connectivity index (χ3v) is 5.78. The summed E-state index contributed by atoms with van der Waals surface area (Å²) in [6.07, 6.45) is 4.99. The largest absolute Gasteiger partial charge is 0.346 e. The van der Waals surface area contributed by atoms with Gasteiger partial charge in [-0.3, -0.25) is 14.4 Å². The van der Waals surface area contributed by atoms with Crippen LogP contribution in [0.15, 0.2) is 66.9 Å². The number of piperazine rings is 1. The molecule has 1 aromatic heterocycles. The fourth-order valence-electron chi connectivity index (χ4n) is 3.92. The van der Waals surface area contributed by atoms with Gasteiger partial charge in [0.25, 0.3) is 0 Å². The van der Waals surface area contributed by atoms with Crippen LogP contribution in [0.5, 0.6) is 0 Å². The SMILES string of the molecule is CC(C)NC(=O)C(=O)N1CCN(C(=O)/C=C/c2cn(-c3ccccc3)nc2-c2ccc(F)cc2)CC1. The molecule has 1 aliphatic rings. The summed E-state index contributed by atoms with van der Waals surface area (Å²) < 4.78 is 15.2. The highest BCUT2D eigenvalue weighted by atomic mass is 19.1. The van der Waals surface area contributed by atoms with Crippen molar-refractivity contribution in [2.75, 3.05) is 26.2 Å². The molecule has 36 heavy (non-hydrogen) atoms. The topological polar surface area (TPSA) is 87.5 Å². The highest BCUT2D eigenvalue weighted by molar-refractivity contribution is 6.35. The number of amides is 3. The first-order chi connectivity index (χ1) is 17.3. The lowest BCUT2D eigenvalue weighted by atomic mass is 10.1. The first-order valence-electron chi connectivity index (χ1n) is 11.8. The lowest BCUT2D eigenvalue weighted by Gasteiger charge is -2.33. The minimum Gasteiger partial charge on any atom is -0.346 e. The number of nitrogens with one attached hydrogen (secondary N) is 1. The molecule has 3 aromatic rings. The summed E-state index contributed by atoms with van der Waals surface area (Å²) in [5.74, 6) is -1.75. The number of carbonyl (C=O) groups excluding carboxylic acids is 3. The van der Waals surface area contributed by atoms with Gasteiger partial charge < -0.3 is 15.1 Å². The number of halogens is 1. The molecule has 2 heterocycles. The molecule has 8 nitrogen and oxygen atoms in total. The van der Waals surface area contributed by atoms with E-state index in [1.54, 1.807) is 41.6 Å². The standard InChI is InChI=1S/C27H28FN5O3/c1-19(2)29-26(35)27(36)32-16-14-31(15-17-32)24(34)13-10-21-18-33(23-6-4-3-5-7-23)30-25(21)20-8-11-22(28)12-9-20/h3-13,18-19H,14-17H2,1-2H3,(H,29,35)/b13-10+. The number of rotatable bonds is 5. The third kappa shape index (κ3) is 5.86. The van der Waals surface area contributed by atoms with Gasteiger partial charge in [-0.1, -0.05) is 18.2 Å². The number of aromatic nitrogens is 2. The molecule has 0 saturated carbocycles. The van der Waals surface area contributed by atoms with Gasteiger partial charge in [0.05, 0.1) is 11.4 Å². The molecule has 186 valence electrons. The normalized spacial score (nSPS) is 13.9. The minimum atomic E-state index is -0.631. The van der Waals surface area contributed by atoms with E-state index in [0.717, 1.165) is 11.3 Å². The Labute approximate surface area is 209 Å². The summed E-state index contributed by atoms with van der Waals surface area (Å²) in [4.78, 5) is 40.2. The molecule has 1 N–H and O–H groups in total. The number of hydrogen-bond donors (Lipinski definition) is 1. The molecule has 4 rings (SSSR count). The smallest absolute Gasteiger partial charge is 0.312 e. The Hall–Kier alpha value is -4.27. The van der Waals surface area contributed by atoms with Gasteiger partial charge in [-0.05, 0) is 56.3 Å². The van der Waals surface area contributed by atoms with Crippen molar-refractivity contribution in [3.8, 4) is 16.9 Å². The van der Waals surface area contributed by atoms with Gasteiger partial charge in [-0.15, -0.1) is 0 Å². The molecule has 1 aliphatic heterocycles. The van der Waals surface area contributed by atoms with Crippen molar-refractivity contribution in [2.45, 2.75) is 19.9 Å². The molecule has 0 aliphatic carbocycles. The average molecular weight is 490 g/mol. The second-order valence-electron chi connectivity index (χ2n) is 8.80. The van der Waals surface area contributed by atoms with Crippen molar-refractivity contribution in [3.63, 3.8) is 0 Å². The average Bonchev–Trinajstić information content (AvgIpc) is 3.32. The molecular formula is C27H28FN5O3. The van der Waals surface area contributed by atoms with E-state index in [0.29, 0.717) is 24.3 Å². The van der Waals surface area contributed by atoms with Crippen LogP contribution < -0.4 is 5.32 Å². The van der Waals surface area contributed by atoms with E-state index in [2.05, 4.69) is 10.4 Å². The van der Waals surface area contributed by atoms with E-state index in [1.165, 1.54) is 23.1 Å². The second kappa shape index (κ2) is 11.0. The van der Waals surface area contributed by atoms with Crippen LogP contribution in [0, 0.1) is 5.82 Å². The fraction of sp³-hybridized carbons (Fsp3) is 0.259. The van der Waals surface area contributed by atoms with Crippen LogP contribution in [0.1, 0.15) is 19.4 Å². The first-order valence-corrected chi connectivity index (χ1v) is 11.8. The number of nitrogens with zero attached hydrogens (tertiary/aromatic N) is 4. The van der Waals surface area contributed by atoms with Crippen LogP contribution >= 0.6 is 0 Å². The molecule has 0 spiro atoms. The second-order valence-corrected chi connectivity index (χ2v) is 8.80. The Kier molecular flexibility index (Phi) is 7.58. The van der Waals surface area contributed by atoms with Crippen molar-refractivity contribution in [2.24, 2.45) is 0 Å². The highest BCUT2D eigenvalue weighted by Gasteiger charge is 2.27. The van der Waals surface area contributed by atoms with Crippen LogP contribution in [-0.4, -0.2) is 69.5 Å². The number of hydrogen-bond acceptors (Lipinski definition) is 4. The highest BCUT2D eigenvalue weighted by Crippen LogP contribution is 2.25. The third-order valence-electron chi connectivity index (χ3n) is 5.78. The van der Waals surface area contributed by atoms with E-state index >= 15 is 0 Å².